The average molecular weight is 337 g/mol. The van der Waals surface area contributed by atoms with E-state index in [1.54, 1.807) is 0 Å². The zero-order valence-corrected chi connectivity index (χ0v) is 13.8. The molecule has 24 heavy (non-hydrogen) atoms. The highest BCUT2D eigenvalue weighted by molar-refractivity contribution is 6.61. The normalized spacial score (nSPS) is 11.0. The Morgan fingerprint density at radius 2 is 1.04 bits per heavy atom. The molecule has 3 heteroatoms. The van der Waals surface area contributed by atoms with Crippen molar-refractivity contribution >= 4 is 17.0 Å². The Bertz CT molecular complexity index is 689. The highest BCUT2D eigenvalue weighted by Crippen LogP contribution is 2.39. The first-order valence-corrected chi connectivity index (χ1v) is 8.10. The van der Waals surface area contributed by atoms with Crippen LogP contribution in [0, 0.1) is 0 Å². The van der Waals surface area contributed by atoms with Gasteiger partial charge in [-0.3, -0.25) is 0 Å². The van der Waals surface area contributed by atoms with Crippen LogP contribution in [0.4, 0.5) is 4.79 Å². The number of ether oxygens (including phenoxy) is 1. The van der Waals surface area contributed by atoms with Crippen molar-refractivity contribution in [2.24, 2.45) is 0 Å². The van der Waals surface area contributed by atoms with Gasteiger partial charge in [-0.05, 0) is 16.7 Å². The van der Waals surface area contributed by atoms with E-state index in [0.717, 1.165) is 16.7 Å². The van der Waals surface area contributed by atoms with Gasteiger partial charge in [-0.15, -0.1) is 0 Å². The second-order valence-electron chi connectivity index (χ2n) is 5.53. The Kier molecular flexibility index (Phi) is 4.97. The van der Waals surface area contributed by atoms with Gasteiger partial charge in [0.1, 0.15) is 6.61 Å². The van der Waals surface area contributed by atoms with E-state index in [-0.39, 0.29) is 6.61 Å². The van der Waals surface area contributed by atoms with Crippen LogP contribution >= 0.6 is 11.6 Å². The Labute approximate surface area is 146 Å². The topological polar surface area (TPSA) is 26.3 Å². The summed E-state index contributed by atoms with van der Waals surface area (Å²) in [6, 6.07) is 30.1. The summed E-state index contributed by atoms with van der Waals surface area (Å²) in [7, 11) is 0. The molecule has 0 bridgehead atoms. The van der Waals surface area contributed by atoms with Gasteiger partial charge in [-0.25, -0.2) is 4.79 Å². The van der Waals surface area contributed by atoms with Gasteiger partial charge in [0, 0.05) is 11.6 Å². The molecule has 0 N–H and O–H groups in total. The lowest BCUT2D eigenvalue weighted by molar-refractivity contribution is 0.157. The molecule has 0 saturated carbocycles. The number of hydrogen-bond donors (Lipinski definition) is 0. The molecular formula is C21H17ClO2. The maximum atomic E-state index is 11.3. The van der Waals surface area contributed by atoms with Crippen molar-refractivity contribution in [3.05, 3.63) is 108 Å². The van der Waals surface area contributed by atoms with Gasteiger partial charge < -0.3 is 4.74 Å². The van der Waals surface area contributed by atoms with E-state index in [1.165, 1.54) is 0 Å². The minimum absolute atomic E-state index is 0.132. The predicted molar refractivity (Wildman–Crippen MR) is 96.4 cm³/mol. The maximum absolute atomic E-state index is 11.3. The molecule has 0 radical (unpaired) electrons. The van der Waals surface area contributed by atoms with Crippen molar-refractivity contribution in [3.8, 4) is 0 Å². The van der Waals surface area contributed by atoms with Crippen LogP contribution in [0.5, 0.6) is 0 Å². The molecule has 3 aromatic rings. The summed E-state index contributed by atoms with van der Waals surface area (Å²) >= 11 is 5.49. The van der Waals surface area contributed by atoms with E-state index >= 15 is 0 Å². The third kappa shape index (κ3) is 3.19. The SMILES string of the molecule is O=C(Cl)OCC(c1ccccc1)(c1ccccc1)c1ccccc1. The summed E-state index contributed by atoms with van der Waals surface area (Å²) in [6.45, 7) is 0.132. The van der Waals surface area contributed by atoms with E-state index in [4.69, 9.17) is 16.3 Å². The standard InChI is InChI=1S/C21H17ClO2/c22-20(23)24-16-21(17-10-4-1-5-11-17,18-12-6-2-7-13-18)19-14-8-3-9-15-19/h1-15H,16H2. The van der Waals surface area contributed by atoms with Crippen LogP contribution < -0.4 is 0 Å². The zero-order chi connectivity index (χ0) is 16.8. The first kappa shape index (κ1) is 16.3. The van der Waals surface area contributed by atoms with Crippen molar-refractivity contribution in [2.75, 3.05) is 6.61 Å². The Morgan fingerprint density at radius 1 is 0.708 bits per heavy atom. The maximum Gasteiger partial charge on any atom is 0.403 e. The number of halogens is 1. The molecule has 0 unspecified atom stereocenters. The molecule has 0 aliphatic heterocycles. The molecule has 0 aromatic heterocycles. The van der Waals surface area contributed by atoms with Gasteiger partial charge in [0.2, 0.25) is 0 Å². The summed E-state index contributed by atoms with van der Waals surface area (Å²) in [5, 5.41) is 0. The summed E-state index contributed by atoms with van der Waals surface area (Å²) in [4.78, 5) is 11.3. The van der Waals surface area contributed by atoms with E-state index in [0.29, 0.717) is 0 Å². The van der Waals surface area contributed by atoms with Crippen molar-refractivity contribution in [3.63, 3.8) is 0 Å². The van der Waals surface area contributed by atoms with Gasteiger partial charge >= 0.3 is 5.43 Å². The van der Waals surface area contributed by atoms with Crippen LogP contribution in [0.15, 0.2) is 91.0 Å². The van der Waals surface area contributed by atoms with Crippen molar-refractivity contribution < 1.29 is 9.53 Å². The molecular weight excluding hydrogens is 320 g/mol. The van der Waals surface area contributed by atoms with E-state index in [1.807, 2.05) is 91.0 Å². The van der Waals surface area contributed by atoms with Crippen LogP contribution in [-0.2, 0) is 10.2 Å². The number of carbonyl (C=O) groups is 1. The largest absolute Gasteiger partial charge is 0.452 e. The van der Waals surface area contributed by atoms with Crippen molar-refractivity contribution in [1.29, 1.82) is 0 Å². The summed E-state index contributed by atoms with van der Waals surface area (Å²) in [6.07, 6.45) is 0. The van der Waals surface area contributed by atoms with E-state index < -0.39 is 10.8 Å². The van der Waals surface area contributed by atoms with Crippen LogP contribution in [0.25, 0.3) is 0 Å². The fourth-order valence-corrected chi connectivity index (χ4v) is 3.14. The number of rotatable bonds is 5. The molecule has 0 spiro atoms. The van der Waals surface area contributed by atoms with Crippen LogP contribution in [0.3, 0.4) is 0 Å². The smallest absolute Gasteiger partial charge is 0.403 e. The van der Waals surface area contributed by atoms with Gasteiger partial charge in [0.05, 0.1) is 5.41 Å². The Morgan fingerprint density at radius 3 is 1.33 bits per heavy atom. The molecule has 0 saturated heterocycles. The second kappa shape index (κ2) is 7.33. The summed E-state index contributed by atoms with van der Waals surface area (Å²) < 4.78 is 5.30. The fourth-order valence-electron chi connectivity index (χ4n) is 3.08. The van der Waals surface area contributed by atoms with Crippen molar-refractivity contribution in [2.45, 2.75) is 5.41 Å². The molecule has 2 nitrogen and oxygen atoms in total. The number of hydrogen-bond acceptors (Lipinski definition) is 2. The van der Waals surface area contributed by atoms with Gasteiger partial charge in [-0.2, -0.15) is 0 Å². The average Bonchev–Trinajstić information content (AvgIpc) is 2.65. The molecule has 120 valence electrons. The number of benzene rings is 3. The minimum Gasteiger partial charge on any atom is -0.452 e. The fraction of sp³-hybridized carbons (Fsp3) is 0.0952. The van der Waals surface area contributed by atoms with Gasteiger partial charge in [0.25, 0.3) is 0 Å². The highest BCUT2D eigenvalue weighted by Gasteiger charge is 2.37. The molecule has 0 heterocycles. The summed E-state index contributed by atoms with van der Waals surface area (Å²) in [5.74, 6) is 0. The molecule has 0 fully saturated rings. The molecule has 0 amide bonds. The number of carbonyl (C=O) groups excluding carboxylic acids is 1. The molecule has 3 aromatic carbocycles. The Hall–Kier alpha value is -2.58. The third-order valence-electron chi connectivity index (χ3n) is 4.20. The molecule has 0 atom stereocenters. The lowest BCUT2D eigenvalue weighted by Crippen LogP contribution is -2.35. The lowest BCUT2D eigenvalue weighted by atomic mass is 9.70. The van der Waals surface area contributed by atoms with Crippen molar-refractivity contribution in [1.82, 2.24) is 0 Å². The predicted octanol–water partition coefficient (Wildman–Crippen LogP) is 5.40. The Balaban J connectivity index is 2.26. The summed E-state index contributed by atoms with van der Waals surface area (Å²) in [5.41, 5.74) is 1.71. The van der Waals surface area contributed by atoms with Crippen LogP contribution in [0.2, 0.25) is 0 Å². The third-order valence-corrected chi connectivity index (χ3v) is 4.31. The van der Waals surface area contributed by atoms with Crippen LogP contribution in [0.1, 0.15) is 16.7 Å². The minimum atomic E-state index is -0.804. The zero-order valence-electron chi connectivity index (χ0n) is 13.1. The molecule has 3 rings (SSSR count). The van der Waals surface area contributed by atoms with Gasteiger partial charge in [-0.1, -0.05) is 91.0 Å². The molecule has 0 aliphatic rings. The molecule has 0 aliphatic carbocycles. The lowest BCUT2D eigenvalue weighted by Gasteiger charge is -2.35. The first-order chi connectivity index (χ1) is 11.7. The quantitative estimate of drug-likeness (QED) is 0.461. The highest BCUT2D eigenvalue weighted by atomic mass is 35.5. The van der Waals surface area contributed by atoms with Gasteiger partial charge in [0.15, 0.2) is 0 Å². The van der Waals surface area contributed by atoms with E-state index in [9.17, 15) is 4.79 Å². The second-order valence-corrected chi connectivity index (χ2v) is 5.84. The van der Waals surface area contributed by atoms with Crippen LogP contribution in [-0.4, -0.2) is 12.0 Å². The first-order valence-electron chi connectivity index (χ1n) is 7.72. The van der Waals surface area contributed by atoms with E-state index in [2.05, 4.69) is 0 Å². The monoisotopic (exact) mass is 336 g/mol.